The van der Waals surface area contributed by atoms with Crippen LogP contribution in [-0.2, 0) is 17.2 Å². The van der Waals surface area contributed by atoms with Gasteiger partial charge in [-0.25, -0.2) is 0 Å². The van der Waals surface area contributed by atoms with Gasteiger partial charge in [-0.05, 0) is 5.92 Å². The van der Waals surface area contributed by atoms with E-state index in [1.165, 1.54) is 32.1 Å². The molecular formula is C12H28N3V-3. The molecule has 0 spiro atoms. The van der Waals surface area contributed by atoms with Crippen molar-refractivity contribution in [2.45, 2.75) is 32.1 Å². The Bertz CT molecular complexity index is 115. The first-order valence-corrected chi connectivity index (χ1v) is 6.15. The first kappa shape index (κ1) is 21.6. The van der Waals surface area contributed by atoms with Gasteiger partial charge in [-0.3, -0.25) is 0 Å². The summed E-state index contributed by atoms with van der Waals surface area (Å²) in [5, 5.41) is 7.60. The van der Waals surface area contributed by atoms with Gasteiger partial charge in [-0.2, -0.15) is 21.1 Å². The van der Waals surface area contributed by atoms with Gasteiger partial charge in [0.25, 0.3) is 0 Å². The maximum Gasteiger partial charge on any atom is -0.358 e. The molecule has 0 aromatic carbocycles. The molecule has 0 N–H and O–H groups in total. The Kier molecular flexibility index (Phi) is 27.9. The zero-order chi connectivity index (χ0) is 11.9. The molecule has 16 heavy (non-hydrogen) atoms. The fourth-order valence-corrected chi connectivity index (χ4v) is 1.61. The minimum absolute atomic E-state index is 0. The molecule has 0 heterocycles. The Balaban J connectivity index is -0.000000207. The smallest absolute Gasteiger partial charge is 0.358 e. The van der Waals surface area contributed by atoms with E-state index < -0.39 is 0 Å². The van der Waals surface area contributed by atoms with Crippen LogP contribution < -0.4 is 0 Å². The van der Waals surface area contributed by atoms with Crippen molar-refractivity contribution in [2.75, 3.05) is 34.7 Å². The molecule has 0 bridgehead atoms. The molecule has 1 rings (SSSR count). The summed E-state index contributed by atoms with van der Waals surface area (Å²) in [6.45, 7) is 1.09. The molecule has 4 heteroatoms. The molecule has 0 aromatic heterocycles. The van der Waals surface area contributed by atoms with E-state index in [1.54, 1.807) is 21.1 Å². The Morgan fingerprint density at radius 2 is 1.56 bits per heavy atom. The molecule has 1 saturated carbocycles. The summed E-state index contributed by atoms with van der Waals surface area (Å²) in [6, 6.07) is 0. The summed E-state index contributed by atoms with van der Waals surface area (Å²) in [5.74, 6) is 1.02. The molecule has 0 saturated heterocycles. The van der Waals surface area contributed by atoms with Gasteiger partial charge >= 0.3 is 28.1 Å². The van der Waals surface area contributed by atoms with Crippen molar-refractivity contribution in [1.29, 1.82) is 0 Å². The van der Waals surface area contributed by atoms with Crippen molar-refractivity contribution in [2.24, 2.45) is 9.71 Å². The van der Waals surface area contributed by atoms with Gasteiger partial charge in [0.2, 0.25) is 0 Å². The van der Waals surface area contributed by atoms with Crippen LogP contribution in [0, 0.1) is 13.3 Å². The maximum atomic E-state index is 4.10. The van der Waals surface area contributed by atoms with Crippen LogP contribution in [0.15, 0.2) is 3.79 Å². The standard InChI is InChI=1S/C8H16N.C2H6N.CH3N.CH3.V/c1-9-7-6-8-4-2-3-5-8;1-3-2;1-2;;/h8H,2-7H2,1H3;1-2H3;1H3;1H3;/q2*-1;;-1;. The molecule has 3 nitrogen and oxygen atoms in total. The van der Waals surface area contributed by atoms with Gasteiger partial charge in [-0.1, -0.05) is 32.1 Å². The molecule has 1 aliphatic carbocycles. The molecule has 99 valence electrons. The fraction of sp³-hybridized carbons (Fsp3) is 0.917. The molecule has 0 aliphatic heterocycles. The van der Waals surface area contributed by atoms with Crippen LogP contribution in [0.2, 0.25) is 0 Å². The predicted molar refractivity (Wildman–Crippen MR) is 70.7 cm³/mol. The number of hydrogen-bond acceptors (Lipinski definition) is 1. The zero-order valence-corrected chi connectivity index (χ0v) is 13.0. The Morgan fingerprint density at radius 3 is 1.88 bits per heavy atom. The van der Waals surface area contributed by atoms with Crippen LogP contribution >= 0.6 is 0 Å². The van der Waals surface area contributed by atoms with Crippen LogP contribution in [-0.4, -0.2) is 34.7 Å². The predicted octanol–water partition coefficient (Wildman–Crippen LogP) is 3.99. The van der Waals surface area contributed by atoms with E-state index in [0.29, 0.717) is 0 Å². The van der Waals surface area contributed by atoms with Crippen LogP contribution in [0.1, 0.15) is 32.1 Å². The van der Waals surface area contributed by atoms with Gasteiger partial charge < -0.3 is 18.1 Å². The van der Waals surface area contributed by atoms with Gasteiger partial charge in [0.05, 0.1) is 0 Å². The SMILES string of the molecule is C[N-]C.C[N-]CCC1CCCC1.C[N]=[V].[CH3-]. The molecule has 0 atom stereocenters. The van der Waals surface area contributed by atoms with E-state index in [9.17, 15) is 0 Å². The number of nitrogens with zero attached hydrogens (tertiary/aromatic N) is 3. The third-order valence-corrected chi connectivity index (χ3v) is 2.24. The van der Waals surface area contributed by atoms with E-state index >= 15 is 0 Å². The first-order chi connectivity index (χ1) is 7.26. The topological polar surface area (TPSA) is 40.6 Å². The summed E-state index contributed by atoms with van der Waals surface area (Å²) < 4.78 is 3.44. The van der Waals surface area contributed by atoms with Crippen molar-refractivity contribution >= 4 is 0 Å². The van der Waals surface area contributed by atoms with E-state index in [2.05, 4.69) is 31.7 Å². The van der Waals surface area contributed by atoms with Crippen LogP contribution in [0.5, 0.6) is 0 Å². The number of hydrogen-bond donors (Lipinski definition) is 0. The average Bonchev–Trinajstić information content (AvgIpc) is 2.70. The summed E-state index contributed by atoms with van der Waals surface area (Å²) in [7, 11) is 7.13. The van der Waals surface area contributed by atoms with Gasteiger partial charge in [0.1, 0.15) is 0 Å². The Morgan fingerprint density at radius 1 is 1.19 bits per heavy atom. The summed E-state index contributed by atoms with van der Waals surface area (Å²) >= 11 is 2.09. The molecule has 1 fully saturated rings. The summed E-state index contributed by atoms with van der Waals surface area (Å²) in [4.78, 5) is 0. The molecule has 0 amide bonds. The second-order valence-electron chi connectivity index (χ2n) is 3.63. The fourth-order valence-electron chi connectivity index (χ4n) is 1.61. The van der Waals surface area contributed by atoms with Crippen LogP contribution in [0.25, 0.3) is 10.6 Å². The average molecular weight is 265 g/mol. The monoisotopic (exact) mass is 265 g/mol. The second-order valence-corrected chi connectivity index (χ2v) is 4.25. The Labute approximate surface area is 112 Å². The molecule has 0 radical (unpaired) electrons. The molecule has 0 aromatic rings. The normalized spacial score (nSPS) is 13.7. The van der Waals surface area contributed by atoms with Crippen molar-refractivity contribution in [3.63, 3.8) is 0 Å². The van der Waals surface area contributed by atoms with E-state index in [0.717, 1.165) is 12.5 Å². The Hall–Kier alpha value is 0.304. The summed E-state index contributed by atoms with van der Waals surface area (Å²) in [6.07, 6.45) is 7.21. The van der Waals surface area contributed by atoms with Gasteiger partial charge in [0.15, 0.2) is 0 Å². The zero-order valence-electron chi connectivity index (χ0n) is 11.6. The third kappa shape index (κ3) is 19.8. The van der Waals surface area contributed by atoms with Crippen molar-refractivity contribution in [3.8, 4) is 0 Å². The van der Waals surface area contributed by atoms with E-state index in [4.69, 9.17) is 0 Å². The minimum Gasteiger partial charge on any atom is -0.358 e. The second kappa shape index (κ2) is 20.7. The maximum absolute atomic E-state index is 4.10. The molecule has 0 unspecified atom stereocenters. The molecular weight excluding hydrogens is 237 g/mol. The van der Waals surface area contributed by atoms with E-state index in [1.807, 2.05) is 7.05 Å². The van der Waals surface area contributed by atoms with E-state index in [-0.39, 0.29) is 7.43 Å². The van der Waals surface area contributed by atoms with Gasteiger partial charge in [-0.15, -0.1) is 6.54 Å². The third-order valence-electron chi connectivity index (χ3n) is 2.24. The van der Waals surface area contributed by atoms with Gasteiger partial charge in [0, 0.05) is 0 Å². The van der Waals surface area contributed by atoms with Crippen molar-refractivity contribution in [3.05, 3.63) is 18.1 Å². The summed E-state index contributed by atoms with van der Waals surface area (Å²) in [5.41, 5.74) is 0. The van der Waals surface area contributed by atoms with Crippen LogP contribution in [0.4, 0.5) is 0 Å². The van der Waals surface area contributed by atoms with Crippen molar-refractivity contribution in [1.82, 2.24) is 0 Å². The number of rotatable bonds is 3. The van der Waals surface area contributed by atoms with Crippen molar-refractivity contribution < 1.29 is 17.2 Å². The molecule has 1 aliphatic rings. The quantitative estimate of drug-likeness (QED) is 0.692. The first-order valence-electron chi connectivity index (χ1n) is 5.53. The van der Waals surface area contributed by atoms with Crippen LogP contribution in [0.3, 0.4) is 0 Å². The minimum atomic E-state index is 0. The largest absolute Gasteiger partial charge is 0.358 e.